The second-order valence-electron chi connectivity index (χ2n) is 3.19. The predicted molar refractivity (Wildman–Crippen MR) is 53.2 cm³/mol. The van der Waals surface area contributed by atoms with Crippen LogP contribution in [-0.4, -0.2) is 12.1 Å². The normalized spacial score (nSPS) is 11.8. The van der Waals surface area contributed by atoms with E-state index in [9.17, 15) is 4.79 Å². The van der Waals surface area contributed by atoms with Crippen molar-refractivity contribution in [3.63, 3.8) is 0 Å². The van der Waals surface area contributed by atoms with Gasteiger partial charge < -0.3 is 9.15 Å². The first kappa shape index (κ1) is 11.3. The van der Waals surface area contributed by atoms with E-state index in [4.69, 9.17) is 14.4 Å². The standard InChI is InChI=1S/C11H13NO3/c1-3-9(4-6-12)15-11(13)10-5-7-14-8(10)2/h5,7,9H,3-4H2,1-2H3. The Kier molecular flexibility index (Phi) is 3.92. The molecule has 0 amide bonds. The number of aryl methyl sites for hydroxylation is 1. The van der Waals surface area contributed by atoms with Crippen LogP contribution in [0.4, 0.5) is 0 Å². The minimum Gasteiger partial charge on any atom is -0.469 e. The summed E-state index contributed by atoms with van der Waals surface area (Å²) in [7, 11) is 0. The van der Waals surface area contributed by atoms with Gasteiger partial charge in [-0.2, -0.15) is 5.26 Å². The maximum absolute atomic E-state index is 11.6. The van der Waals surface area contributed by atoms with Gasteiger partial charge >= 0.3 is 5.97 Å². The molecule has 0 spiro atoms. The summed E-state index contributed by atoms with van der Waals surface area (Å²) < 4.78 is 10.1. The molecule has 1 aromatic heterocycles. The Morgan fingerprint density at radius 3 is 2.93 bits per heavy atom. The Labute approximate surface area is 88.4 Å². The molecule has 0 aromatic carbocycles. The number of rotatable bonds is 4. The Hall–Kier alpha value is -1.76. The minimum atomic E-state index is -0.427. The molecule has 1 rings (SSSR count). The molecule has 1 heterocycles. The molecular formula is C11H13NO3. The van der Waals surface area contributed by atoms with E-state index in [0.29, 0.717) is 17.7 Å². The van der Waals surface area contributed by atoms with Crippen molar-refractivity contribution in [2.45, 2.75) is 32.8 Å². The highest BCUT2D eigenvalue weighted by atomic mass is 16.5. The fourth-order valence-electron chi connectivity index (χ4n) is 1.18. The fourth-order valence-corrected chi connectivity index (χ4v) is 1.18. The van der Waals surface area contributed by atoms with E-state index in [0.717, 1.165) is 0 Å². The van der Waals surface area contributed by atoms with E-state index < -0.39 is 5.97 Å². The Bertz CT molecular complexity index is 375. The molecule has 80 valence electrons. The van der Waals surface area contributed by atoms with Crippen LogP contribution in [0.15, 0.2) is 16.7 Å². The summed E-state index contributed by atoms with van der Waals surface area (Å²) in [5.41, 5.74) is 0.423. The predicted octanol–water partition coefficient (Wildman–Crippen LogP) is 2.44. The molecule has 0 fully saturated rings. The van der Waals surface area contributed by atoms with Crippen molar-refractivity contribution in [2.24, 2.45) is 0 Å². The molecule has 0 saturated heterocycles. The topological polar surface area (TPSA) is 63.2 Å². The van der Waals surface area contributed by atoms with Crippen LogP contribution in [0.3, 0.4) is 0 Å². The lowest BCUT2D eigenvalue weighted by Gasteiger charge is -2.11. The van der Waals surface area contributed by atoms with Gasteiger partial charge in [-0.1, -0.05) is 6.92 Å². The van der Waals surface area contributed by atoms with Gasteiger partial charge in [-0.3, -0.25) is 0 Å². The SMILES string of the molecule is CCC(CC#N)OC(=O)c1ccoc1C. The van der Waals surface area contributed by atoms with Gasteiger partial charge in [-0.05, 0) is 19.4 Å². The lowest BCUT2D eigenvalue weighted by atomic mass is 10.2. The molecule has 4 nitrogen and oxygen atoms in total. The summed E-state index contributed by atoms with van der Waals surface area (Å²) in [5, 5.41) is 8.51. The molecule has 0 aliphatic carbocycles. The third-order valence-corrected chi connectivity index (χ3v) is 2.13. The van der Waals surface area contributed by atoms with Crippen molar-refractivity contribution >= 4 is 5.97 Å². The number of furan rings is 1. The van der Waals surface area contributed by atoms with Crippen molar-refractivity contribution in [1.29, 1.82) is 5.26 Å². The van der Waals surface area contributed by atoms with Crippen molar-refractivity contribution in [2.75, 3.05) is 0 Å². The number of hydrogen-bond donors (Lipinski definition) is 0. The minimum absolute atomic E-state index is 0.221. The zero-order valence-corrected chi connectivity index (χ0v) is 8.82. The first-order valence-electron chi connectivity index (χ1n) is 4.81. The molecule has 1 atom stereocenters. The van der Waals surface area contributed by atoms with Crippen LogP contribution in [-0.2, 0) is 4.74 Å². The Morgan fingerprint density at radius 2 is 2.47 bits per heavy atom. The second-order valence-corrected chi connectivity index (χ2v) is 3.19. The third kappa shape index (κ3) is 2.84. The highest BCUT2D eigenvalue weighted by Gasteiger charge is 2.17. The van der Waals surface area contributed by atoms with Crippen molar-refractivity contribution < 1.29 is 13.9 Å². The van der Waals surface area contributed by atoms with E-state index in [2.05, 4.69) is 0 Å². The van der Waals surface area contributed by atoms with Crippen LogP contribution in [0.25, 0.3) is 0 Å². The van der Waals surface area contributed by atoms with E-state index in [1.807, 2.05) is 13.0 Å². The zero-order chi connectivity index (χ0) is 11.3. The largest absolute Gasteiger partial charge is 0.469 e. The zero-order valence-electron chi connectivity index (χ0n) is 8.82. The van der Waals surface area contributed by atoms with Gasteiger partial charge in [-0.15, -0.1) is 0 Å². The van der Waals surface area contributed by atoms with Gasteiger partial charge in [0.05, 0.1) is 18.8 Å². The fraction of sp³-hybridized carbons (Fsp3) is 0.455. The van der Waals surface area contributed by atoms with Crippen molar-refractivity contribution in [3.05, 3.63) is 23.7 Å². The maximum Gasteiger partial charge on any atom is 0.341 e. The van der Waals surface area contributed by atoms with Crippen LogP contribution in [0, 0.1) is 18.3 Å². The van der Waals surface area contributed by atoms with Gasteiger partial charge in [0, 0.05) is 0 Å². The van der Waals surface area contributed by atoms with Gasteiger partial charge in [0.25, 0.3) is 0 Å². The van der Waals surface area contributed by atoms with E-state index >= 15 is 0 Å². The number of ether oxygens (including phenoxy) is 1. The van der Waals surface area contributed by atoms with Gasteiger partial charge in [0.15, 0.2) is 0 Å². The van der Waals surface area contributed by atoms with Crippen LogP contribution in [0.2, 0.25) is 0 Å². The van der Waals surface area contributed by atoms with Gasteiger partial charge in [0.1, 0.15) is 17.4 Å². The second kappa shape index (κ2) is 5.20. The number of hydrogen-bond acceptors (Lipinski definition) is 4. The van der Waals surface area contributed by atoms with E-state index in [1.165, 1.54) is 6.26 Å². The van der Waals surface area contributed by atoms with E-state index in [-0.39, 0.29) is 12.5 Å². The molecule has 0 N–H and O–H groups in total. The molecule has 1 aromatic rings. The smallest absolute Gasteiger partial charge is 0.341 e. The van der Waals surface area contributed by atoms with Crippen LogP contribution >= 0.6 is 0 Å². The average Bonchev–Trinajstić information content (AvgIpc) is 2.63. The molecule has 0 saturated carbocycles. The highest BCUT2D eigenvalue weighted by molar-refractivity contribution is 5.90. The first-order chi connectivity index (χ1) is 7.19. The quantitative estimate of drug-likeness (QED) is 0.711. The Balaban J connectivity index is 2.63. The molecular weight excluding hydrogens is 194 g/mol. The summed E-state index contributed by atoms with van der Waals surface area (Å²) in [6.45, 7) is 3.57. The van der Waals surface area contributed by atoms with Crippen molar-refractivity contribution in [3.8, 4) is 6.07 Å². The average molecular weight is 207 g/mol. The molecule has 1 unspecified atom stereocenters. The summed E-state index contributed by atoms with van der Waals surface area (Å²) in [4.78, 5) is 11.6. The molecule has 0 aliphatic rings. The number of carbonyl (C=O) groups excluding carboxylic acids is 1. The monoisotopic (exact) mass is 207 g/mol. The summed E-state index contributed by atoms with van der Waals surface area (Å²) in [6.07, 6.45) is 1.96. The first-order valence-corrected chi connectivity index (χ1v) is 4.81. The summed E-state index contributed by atoms with van der Waals surface area (Å²) in [6, 6.07) is 3.55. The highest BCUT2D eigenvalue weighted by Crippen LogP contribution is 2.13. The van der Waals surface area contributed by atoms with Crippen LogP contribution < -0.4 is 0 Å². The Morgan fingerprint density at radius 1 is 1.73 bits per heavy atom. The summed E-state index contributed by atoms with van der Waals surface area (Å²) in [5.74, 6) is 0.107. The lowest BCUT2D eigenvalue weighted by Crippen LogP contribution is -2.17. The van der Waals surface area contributed by atoms with Crippen LogP contribution in [0.1, 0.15) is 35.9 Å². The summed E-state index contributed by atoms with van der Waals surface area (Å²) >= 11 is 0. The van der Waals surface area contributed by atoms with Gasteiger partial charge in [0.2, 0.25) is 0 Å². The molecule has 4 heteroatoms. The van der Waals surface area contributed by atoms with Gasteiger partial charge in [-0.25, -0.2) is 4.79 Å². The van der Waals surface area contributed by atoms with E-state index in [1.54, 1.807) is 13.0 Å². The number of nitriles is 1. The molecule has 0 radical (unpaired) electrons. The lowest BCUT2D eigenvalue weighted by molar-refractivity contribution is 0.0302. The third-order valence-electron chi connectivity index (χ3n) is 2.13. The number of nitrogens with zero attached hydrogens (tertiary/aromatic N) is 1. The number of carbonyl (C=O) groups is 1. The molecule has 15 heavy (non-hydrogen) atoms. The molecule has 0 bridgehead atoms. The number of esters is 1. The maximum atomic E-state index is 11.6. The molecule has 0 aliphatic heterocycles. The van der Waals surface area contributed by atoms with Crippen molar-refractivity contribution in [1.82, 2.24) is 0 Å². The van der Waals surface area contributed by atoms with Crippen LogP contribution in [0.5, 0.6) is 0 Å².